The molecule has 1 heterocycles. The SMILES string of the molecule is O=C(OCC(=O)N1CCNC1=O)c1ccccc1Br. The number of hydrogen-bond acceptors (Lipinski definition) is 4. The number of halogens is 1. The summed E-state index contributed by atoms with van der Waals surface area (Å²) in [4.78, 5) is 35.6. The van der Waals surface area contributed by atoms with Crippen LogP contribution in [0.2, 0.25) is 0 Å². The van der Waals surface area contributed by atoms with Crippen molar-refractivity contribution in [3.63, 3.8) is 0 Å². The first kappa shape index (κ1) is 13.5. The first-order chi connectivity index (χ1) is 9.09. The van der Waals surface area contributed by atoms with Crippen molar-refractivity contribution in [1.29, 1.82) is 0 Å². The summed E-state index contributed by atoms with van der Waals surface area (Å²) in [7, 11) is 0. The zero-order valence-corrected chi connectivity index (χ0v) is 11.5. The second-order valence-electron chi connectivity index (χ2n) is 3.83. The number of esters is 1. The van der Waals surface area contributed by atoms with Gasteiger partial charge in [-0.1, -0.05) is 12.1 Å². The molecule has 1 fully saturated rings. The lowest BCUT2D eigenvalue weighted by molar-refractivity contribution is -0.130. The van der Waals surface area contributed by atoms with Gasteiger partial charge in [-0.05, 0) is 28.1 Å². The number of carbonyl (C=O) groups is 3. The van der Waals surface area contributed by atoms with Crippen molar-refractivity contribution < 1.29 is 19.1 Å². The summed E-state index contributed by atoms with van der Waals surface area (Å²) in [6.07, 6.45) is 0. The lowest BCUT2D eigenvalue weighted by atomic mass is 10.2. The Kier molecular flexibility index (Phi) is 4.16. The summed E-state index contributed by atoms with van der Waals surface area (Å²) in [5, 5.41) is 2.50. The highest BCUT2D eigenvalue weighted by Gasteiger charge is 2.27. The van der Waals surface area contributed by atoms with Crippen LogP contribution in [0, 0.1) is 0 Å². The molecule has 0 aliphatic carbocycles. The molecule has 0 aromatic heterocycles. The lowest BCUT2D eigenvalue weighted by Crippen LogP contribution is -2.37. The lowest BCUT2D eigenvalue weighted by Gasteiger charge is -2.12. The minimum Gasteiger partial charge on any atom is -0.452 e. The highest BCUT2D eigenvalue weighted by molar-refractivity contribution is 9.10. The minimum atomic E-state index is -0.611. The Morgan fingerprint density at radius 1 is 1.37 bits per heavy atom. The van der Waals surface area contributed by atoms with E-state index in [0.717, 1.165) is 4.90 Å². The van der Waals surface area contributed by atoms with Crippen molar-refractivity contribution in [2.24, 2.45) is 0 Å². The Labute approximate surface area is 117 Å². The van der Waals surface area contributed by atoms with Gasteiger partial charge in [-0.15, -0.1) is 0 Å². The number of carbonyl (C=O) groups excluding carboxylic acids is 3. The molecular weight excluding hydrogens is 316 g/mol. The van der Waals surface area contributed by atoms with Gasteiger partial charge in [0, 0.05) is 17.6 Å². The summed E-state index contributed by atoms with van der Waals surface area (Å²) >= 11 is 3.22. The average Bonchev–Trinajstić information content (AvgIpc) is 2.82. The number of rotatable bonds is 3. The first-order valence-electron chi connectivity index (χ1n) is 5.59. The van der Waals surface area contributed by atoms with Gasteiger partial charge in [0.2, 0.25) is 0 Å². The Hall–Kier alpha value is -1.89. The second kappa shape index (κ2) is 5.83. The quantitative estimate of drug-likeness (QED) is 0.846. The number of nitrogens with zero attached hydrogens (tertiary/aromatic N) is 1. The van der Waals surface area contributed by atoms with E-state index in [1.165, 1.54) is 0 Å². The van der Waals surface area contributed by atoms with Gasteiger partial charge in [0.1, 0.15) is 0 Å². The van der Waals surface area contributed by atoms with E-state index in [4.69, 9.17) is 4.74 Å². The molecule has 6 nitrogen and oxygen atoms in total. The normalized spacial score (nSPS) is 14.2. The third kappa shape index (κ3) is 3.11. The standard InChI is InChI=1S/C12H11BrN2O4/c13-9-4-2-1-3-8(9)11(17)19-7-10(16)15-6-5-14-12(15)18/h1-4H,5-7H2,(H,14,18). The van der Waals surface area contributed by atoms with E-state index in [1.807, 2.05) is 0 Å². The molecule has 1 aromatic carbocycles. The number of nitrogens with one attached hydrogen (secondary N) is 1. The molecule has 0 unspecified atom stereocenters. The largest absolute Gasteiger partial charge is 0.452 e. The van der Waals surface area contributed by atoms with E-state index >= 15 is 0 Å². The van der Waals surface area contributed by atoms with Crippen molar-refractivity contribution in [2.45, 2.75) is 0 Å². The predicted molar refractivity (Wildman–Crippen MR) is 69.5 cm³/mol. The van der Waals surface area contributed by atoms with Crippen LogP contribution < -0.4 is 5.32 Å². The molecule has 0 atom stereocenters. The summed E-state index contributed by atoms with van der Waals surface area (Å²) in [5.41, 5.74) is 0.334. The Morgan fingerprint density at radius 3 is 2.74 bits per heavy atom. The zero-order chi connectivity index (χ0) is 13.8. The highest BCUT2D eigenvalue weighted by atomic mass is 79.9. The molecule has 7 heteroatoms. The average molecular weight is 327 g/mol. The van der Waals surface area contributed by atoms with Crippen LogP contribution in [0.15, 0.2) is 28.7 Å². The van der Waals surface area contributed by atoms with E-state index in [-0.39, 0.29) is 0 Å². The molecule has 1 N–H and O–H groups in total. The molecule has 1 aromatic rings. The van der Waals surface area contributed by atoms with Crippen LogP contribution in [0.25, 0.3) is 0 Å². The van der Waals surface area contributed by atoms with Gasteiger partial charge < -0.3 is 10.1 Å². The van der Waals surface area contributed by atoms with Gasteiger partial charge in [0.05, 0.1) is 5.56 Å². The molecule has 19 heavy (non-hydrogen) atoms. The fourth-order valence-electron chi connectivity index (χ4n) is 1.62. The van der Waals surface area contributed by atoms with Gasteiger partial charge in [0.15, 0.2) is 6.61 Å². The van der Waals surface area contributed by atoms with Crippen LogP contribution >= 0.6 is 15.9 Å². The summed E-state index contributed by atoms with van der Waals surface area (Å²) in [6.45, 7) is 0.264. The Bertz CT molecular complexity index is 532. The van der Waals surface area contributed by atoms with Gasteiger partial charge in [0.25, 0.3) is 5.91 Å². The number of ether oxygens (including phenoxy) is 1. The van der Waals surface area contributed by atoms with Crippen LogP contribution in [0.3, 0.4) is 0 Å². The third-order valence-corrected chi connectivity index (χ3v) is 3.27. The van der Waals surface area contributed by atoms with Crippen LogP contribution in [0.4, 0.5) is 4.79 Å². The van der Waals surface area contributed by atoms with Crippen LogP contribution in [0.1, 0.15) is 10.4 Å². The third-order valence-electron chi connectivity index (χ3n) is 2.58. The highest BCUT2D eigenvalue weighted by Crippen LogP contribution is 2.16. The number of urea groups is 1. The van der Waals surface area contributed by atoms with Crippen molar-refractivity contribution in [1.82, 2.24) is 10.2 Å². The Balaban J connectivity index is 1.92. The number of imide groups is 1. The maximum atomic E-state index is 11.7. The van der Waals surface area contributed by atoms with Gasteiger partial charge >= 0.3 is 12.0 Å². The second-order valence-corrected chi connectivity index (χ2v) is 4.69. The van der Waals surface area contributed by atoms with E-state index in [9.17, 15) is 14.4 Å². The van der Waals surface area contributed by atoms with Gasteiger partial charge in [-0.25, -0.2) is 9.59 Å². The van der Waals surface area contributed by atoms with Gasteiger partial charge in [-0.2, -0.15) is 0 Å². The van der Waals surface area contributed by atoms with E-state index in [0.29, 0.717) is 23.1 Å². The van der Waals surface area contributed by atoms with Crippen LogP contribution in [-0.2, 0) is 9.53 Å². The zero-order valence-electron chi connectivity index (χ0n) is 9.89. The molecule has 1 aliphatic heterocycles. The maximum Gasteiger partial charge on any atom is 0.339 e. The van der Waals surface area contributed by atoms with Crippen molar-refractivity contribution in [2.75, 3.05) is 19.7 Å². The number of benzene rings is 1. The topological polar surface area (TPSA) is 75.7 Å². The smallest absolute Gasteiger partial charge is 0.339 e. The van der Waals surface area contributed by atoms with Crippen LogP contribution in [0.5, 0.6) is 0 Å². The number of hydrogen-bond donors (Lipinski definition) is 1. The van der Waals surface area contributed by atoms with E-state index in [1.54, 1.807) is 24.3 Å². The summed E-state index contributed by atoms with van der Waals surface area (Å²) in [6, 6.07) is 6.28. The monoisotopic (exact) mass is 326 g/mol. The predicted octanol–water partition coefficient (Wildman–Crippen LogP) is 1.16. The summed E-state index contributed by atoms with van der Waals surface area (Å²) in [5.74, 6) is -1.14. The van der Waals surface area contributed by atoms with Crippen LogP contribution in [-0.4, -0.2) is 42.5 Å². The molecule has 1 saturated heterocycles. The van der Waals surface area contributed by atoms with E-state index in [2.05, 4.69) is 21.2 Å². The molecule has 100 valence electrons. The fourth-order valence-corrected chi connectivity index (χ4v) is 2.07. The van der Waals surface area contributed by atoms with E-state index < -0.39 is 24.5 Å². The van der Waals surface area contributed by atoms with Crippen molar-refractivity contribution >= 4 is 33.8 Å². The minimum absolute atomic E-state index is 0.296. The molecule has 0 spiro atoms. The molecule has 0 saturated carbocycles. The maximum absolute atomic E-state index is 11.7. The first-order valence-corrected chi connectivity index (χ1v) is 6.39. The van der Waals surface area contributed by atoms with Crippen molar-refractivity contribution in [3.8, 4) is 0 Å². The molecule has 1 aliphatic rings. The fraction of sp³-hybridized carbons (Fsp3) is 0.250. The molecule has 2 rings (SSSR count). The molecule has 0 radical (unpaired) electrons. The van der Waals surface area contributed by atoms with Gasteiger partial charge in [-0.3, -0.25) is 9.69 Å². The summed E-state index contributed by atoms with van der Waals surface area (Å²) < 4.78 is 5.48. The van der Waals surface area contributed by atoms with Crippen molar-refractivity contribution in [3.05, 3.63) is 34.3 Å². The molecule has 3 amide bonds. The molecule has 0 bridgehead atoms. The Morgan fingerprint density at radius 2 is 2.11 bits per heavy atom. The molecular formula is C12H11BrN2O4. The number of amides is 3.